The van der Waals surface area contributed by atoms with Crippen molar-refractivity contribution in [1.29, 1.82) is 0 Å². The topological polar surface area (TPSA) is 169 Å². The van der Waals surface area contributed by atoms with Crippen molar-refractivity contribution in [2.24, 2.45) is 11.1 Å². The van der Waals surface area contributed by atoms with E-state index in [4.69, 9.17) is 38.4 Å². The Kier molecular flexibility index (Phi) is 13.1. The number of nitrogens with one attached hydrogen (secondary N) is 2. The molecule has 318 valence electrons. The molecular weight excluding hydrogens is 827 g/mol. The molecule has 4 aromatic carbocycles. The Morgan fingerprint density at radius 2 is 1.67 bits per heavy atom. The van der Waals surface area contributed by atoms with Gasteiger partial charge in [0, 0.05) is 85.9 Å². The standard InChI is InChI=1S/C44H50Cl2N6O7S/c1-43(2)15-14-31(38(27-43)30-6-8-32(45)9-7-30)28-50-18-20-51(21-19-50)34-10-12-37(41(25-34)59-35-5-3-4-33(46)24-35)42(53)49-60(56,57)36-11-13-39(40(26-36)52(54)55)48-29-44(47)16-22-58-23-17-44/h3-13,24-26,48H,14-23,27-29,47H2,1-2H3,(H,49,53). The summed E-state index contributed by atoms with van der Waals surface area (Å²) < 4.78 is 40.9. The largest absolute Gasteiger partial charge is 0.456 e. The van der Waals surface area contributed by atoms with Gasteiger partial charge < -0.3 is 25.4 Å². The number of sulfonamides is 1. The number of anilines is 2. The SMILES string of the molecule is CC1(C)CCC(CN2CCN(c3ccc(C(=O)NS(=O)(=O)c4ccc(NCC5(N)CCOCC5)c([N+](=O)[O-])c4)c(Oc4cccc(Cl)c4)c3)CC2)=C(c2ccc(Cl)cc2)C1. The molecule has 0 spiro atoms. The number of nitro groups is 1. The fourth-order valence-electron chi connectivity index (χ4n) is 7.98. The number of benzene rings is 4. The lowest BCUT2D eigenvalue weighted by molar-refractivity contribution is -0.384. The van der Waals surface area contributed by atoms with Crippen LogP contribution in [0.15, 0.2) is 95.4 Å². The fourth-order valence-corrected chi connectivity index (χ4v) is 9.27. The van der Waals surface area contributed by atoms with Crippen LogP contribution in [0.3, 0.4) is 0 Å². The van der Waals surface area contributed by atoms with Gasteiger partial charge in [0.2, 0.25) is 0 Å². The molecule has 0 unspecified atom stereocenters. The van der Waals surface area contributed by atoms with Gasteiger partial charge >= 0.3 is 0 Å². The maximum absolute atomic E-state index is 13.8. The van der Waals surface area contributed by atoms with Crippen molar-refractivity contribution in [3.05, 3.63) is 122 Å². The number of allylic oxidation sites excluding steroid dienone is 1. The van der Waals surface area contributed by atoms with Crippen LogP contribution in [-0.2, 0) is 14.8 Å². The van der Waals surface area contributed by atoms with E-state index in [1.165, 1.54) is 34.9 Å². The summed E-state index contributed by atoms with van der Waals surface area (Å²) in [6, 6.07) is 23.2. The van der Waals surface area contributed by atoms with E-state index in [-0.39, 0.29) is 29.0 Å². The lowest BCUT2D eigenvalue weighted by atomic mass is 9.72. The molecule has 2 fully saturated rings. The van der Waals surface area contributed by atoms with Crippen molar-refractivity contribution in [3.63, 3.8) is 0 Å². The molecule has 0 bridgehead atoms. The van der Waals surface area contributed by atoms with Crippen LogP contribution < -0.4 is 25.4 Å². The minimum Gasteiger partial charge on any atom is -0.456 e. The predicted molar refractivity (Wildman–Crippen MR) is 236 cm³/mol. The highest BCUT2D eigenvalue weighted by molar-refractivity contribution is 7.90. The second-order valence-corrected chi connectivity index (χ2v) is 19.2. The summed E-state index contributed by atoms with van der Waals surface area (Å²) in [6.45, 7) is 9.78. The molecule has 0 saturated carbocycles. The van der Waals surface area contributed by atoms with Gasteiger partial charge in [-0.05, 0) is 103 Å². The molecule has 2 heterocycles. The fraction of sp³-hybridized carbons (Fsp3) is 0.386. The lowest BCUT2D eigenvalue weighted by Crippen LogP contribution is -2.50. The molecule has 2 aliphatic heterocycles. The first-order valence-electron chi connectivity index (χ1n) is 20.0. The van der Waals surface area contributed by atoms with Crippen LogP contribution in [0.2, 0.25) is 10.0 Å². The quantitative estimate of drug-likeness (QED) is 0.0870. The number of amides is 1. The summed E-state index contributed by atoms with van der Waals surface area (Å²) in [4.78, 5) is 29.4. The third-order valence-electron chi connectivity index (χ3n) is 11.6. The molecule has 16 heteroatoms. The van der Waals surface area contributed by atoms with E-state index >= 15 is 0 Å². The Labute approximate surface area is 361 Å². The maximum Gasteiger partial charge on any atom is 0.293 e. The number of nitrogens with two attached hydrogens (primary N) is 1. The van der Waals surface area contributed by atoms with E-state index in [1.807, 2.05) is 12.1 Å². The average Bonchev–Trinajstić information content (AvgIpc) is 3.21. The van der Waals surface area contributed by atoms with E-state index in [0.29, 0.717) is 36.8 Å². The Morgan fingerprint density at radius 3 is 2.37 bits per heavy atom. The molecule has 0 atom stereocenters. The van der Waals surface area contributed by atoms with Gasteiger partial charge in [-0.1, -0.05) is 60.8 Å². The first-order valence-corrected chi connectivity index (χ1v) is 22.3. The number of hydrogen-bond acceptors (Lipinski definition) is 11. The molecule has 0 aromatic heterocycles. The molecule has 3 aliphatic rings. The zero-order valence-corrected chi connectivity index (χ0v) is 36.0. The van der Waals surface area contributed by atoms with Crippen molar-refractivity contribution in [1.82, 2.24) is 9.62 Å². The van der Waals surface area contributed by atoms with Crippen LogP contribution in [0.1, 0.15) is 61.9 Å². The number of hydrogen-bond donors (Lipinski definition) is 3. The summed E-state index contributed by atoms with van der Waals surface area (Å²) in [5.41, 5.74) is 10.5. The minimum absolute atomic E-state index is 0.0553. The molecule has 60 heavy (non-hydrogen) atoms. The molecule has 13 nitrogen and oxygen atoms in total. The number of carbonyl (C=O) groups excluding carboxylic acids is 1. The summed E-state index contributed by atoms with van der Waals surface area (Å²) in [5, 5.41) is 16.2. The van der Waals surface area contributed by atoms with E-state index in [2.05, 4.69) is 45.8 Å². The van der Waals surface area contributed by atoms with Crippen LogP contribution in [0.5, 0.6) is 11.5 Å². The number of carbonyl (C=O) groups is 1. The van der Waals surface area contributed by atoms with E-state index in [0.717, 1.165) is 68.8 Å². The molecule has 1 aliphatic carbocycles. The molecular formula is C44H50Cl2N6O7S. The summed E-state index contributed by atoms with van der Waals surface area (Å²) in [7, 11) is -4.58. The third kappa shape index (κ3) is 10.6. The van der Waals surface area contributed by atoms with Crippen molar-refractivity contribution in [3.8, 4) is 11.5 Å². The second kappa shape index (κ2) is 18.1. The van der Waals surface area contributed by atoms with Gasteiger partial charge in [0.1, 0.15) is 17.2 Å². The van der Waals surface area contributed by atoms with Crippen molar-refractivity contribution in [2.75, 3.05) is 62.7 Å². The van der Waals surface area contributed by atoms with Crippen molar-refractivity contribution < 1.29 is 27.6 Å². The minimum atomic E-state index is -4.58. The first-order chi connectivity index (χ1) is 28.6. The van der Waals surface area contributed by atoms with Crippen molar-refractivity contribution in [2.45, 2.75) is 56.4 Å². The van der Waals surface area contributed by atoms with E-state index < -0.39 is 37.0 Å². The van der Waals surface area contributed by atoms with Gasteiger partial charge in [0.15, 0.2) is 0 Å². The van der Waals surface area contributed by atoms with Gasteiger partial charge in [-0.2, -0.15) is 0 Å². The summed E-state index contributed by atoms with van der Waals surface area (Å²) in [6.07, 6.45) is 4.32. The zero-order valence-electron chi connectivity index (χ0n) is 33.7. The number of nitrogens with zero attached hydrogens (tertiary/aromatic N) is 3. The van der Waals surface area contributed by atoms with Crippen LogP contribution in [0.25, 0.3) is 5.57 Å². The second-order valence-electron chi connectivity index (χ2n) is 16.6. The number of halogens is 2. The molecule has 7 rings (SSSR count). The molecule has 4 N–H and O–H groups in total. The smallest absolute Gasteiger partial charge is 0.293 e. The van der Waals surface area contributed by atoms with Gasteiger partial charge in [-0.15, -0.1) is 0 Å². The molecule has 2 saturated heterocycles. The monoisotopic (exact) mass is 876 g/mol. The van der Waals surface area contributed by atoms with Crippen LogP contribution in [0, 0.1) is 15.5 Å². The Balaban J connectivity index is 1.08. The van der Waals surface area contributed by atoms with E-state index in [9.17, 15) is 23.3 Å². The molecule has 0 radical (unpaired) electrons. The lowest BCUT2D eigenvalue weighted by Gasteiger charge is -2.39. The Bertz CT molecular complexity index is 2380. The van der Waals surface area contributed by atoms with Gasteiger partial charge in [-0.3, -0.25) is 19.8 Å². The van der Waals surface area contributed by atoms with Crippen LogP contribution >= 0.6 is 23.2 Å². The Hall–Kier alpha value is -4.70. The first kappa shape index (κ1) is 43.4. The highest BCUT2D eigenvalue weighted by Gasteiger charge is 2.32. The highest BCUT2D eigenvalue weighted by atomic mass is 35.5. The predicted octanol–water partition coefficient (Wildman–Crippen LogP) is 8.52. The number of rotatable bonds is 13. The van der Waals surface area contributed by atoms with Crippen LogP contribution in [0.4, 0.5) is 17.1 Å². The maximum atomic E-state index is 13.8. The molecule has 4 aromatic rings. The Morgan fingerprint density at radius 1 is 0.933 bits per heavy atom. The zero-order chi connectivity index (χ0) is 42.7. The summed E-state index contributed by atoms with van der Waals surface area (Å²) >= 11 is 12.5. The van der Waals surface area contributed by atoms with E-state index in [1.54, 1.807) is 36.4 Å². The normalized spacial score (nSPS) is 18.2. The highest BCUT2D eigenvalue weighted by Crippen LogP contribution is 2.43. The summed E-state index contributed by atoms with van der Waals surface area (Å²) in [5.74, 6) is -0.513. The van der Waals surface area contributed by atoms with Gasteiger partial charge in [0.25, 0.3) is 21.6 Å². The number of piperazine rings is 1. The van der Waals surface area contributed by atoms with Gasteiger partial charge in [-0.25, -0.2) is 13.1 Å². The number of ether oxygens (including phenoxy) is 2. The third-order valence-corrected chi connectivity index (χ3v) is 13.4. The molecule has 1 amide bonds. The van der Waals surface area contributed by atoms with Crippen molar-refractivity contribution >= 4 is 61.8 Å². The van der Waals surface area contributed by atoms with Crippen LogP contribution in [-0.4, -0.2) is 82.2 Å². The average molecular weight is 878 g/mol. The number of nitro benzene ring substituents is 1. The van der Waals surface area contributed by atoms with Gasteiger partial charge in [0.05, 0.1) is 15.4 Å².